The van der Waals surface area contributed by atoms with Gasteiger partial charge in [-0.15, -0.1) is 0 Å². The molecule has 5 nitrogen and oxygen atoms in total. The van der Waals surface area contributed by atoms with Crippen LogP contribution in [0.15, 0.2) is 65.2 Å². The fourth-order valence-corrected chi connectivity index (χ4v) is 3.83. The fourth-order valence-electron chi connectivity index (χ4n) is 3.83. The zero-order valence-electron chi connectivity index (χ0n) is 16.3. The van der Waals surface area contributed by atoms with Crippen LogP contribution >= 0.6 is 0 Å². The van der Waals surface area contributed by atoms with Crippen LogP contribution in [0, 0.1) is 0 Å². The third-order valence-corrected chi connectivity index (χ3v) is 5.20. The van der Waals surface area contributed by atoms with E-state index >= 15 is 0 Å². The Morgan fingerprint density at radius 2 is 1.68 bits per heavy atom. The monoisotopic (exact) mass is 377 g/mol. The zero-order chi connectivity index (χ0) is 19.2. The van der Waals surface area contributed by atoms with E-state index < -0.39 is 0 Å². The molecule has 1 atom stereocenters. The summed E-state index contributed by atoms with van der Waals surface area (Å²) in [4.78, 5) is 6.94. The van der Waals surface area contributed by atoms with Crippen molar-refractivity contribution in [3.05, 3.63) is 83.5 Å². The Kier molecular flexibility index (Phi) is 6.14. The Hall–Kier alpha value is -2.50. The molecule has 0 aliphatic carbocycles. The van der Waals surface area contributed by atoms with Gasteiger partial charge in [0, 0.05) is 13.2 Å². The van der Waals surface area contributed by atoms with Crippen LogP contribution in [-0.4, -0.2) is 41.3 Å². The predicted octanol–water partition coefficient (Wildman–Crippen LogP) is 4.25. The molecule has 0 amide bonds. The summed E-state index contributed by atoms with van der Waals surface area (Å²) in [7, 11) is 2.08. The minimum Gasteiger partial charge on any atom is -0.377 e. The quantitative estimate of drug-likeness (QED) is 0.616. The van der Waals surface area contributed by atoms with E-state index in [4.69, 9.17) is 14.2 Å². The van der Waals surface area contributed by atoms with Crippen molar-refractivity contribution >= 4 is 0 Å². The van der Waals surface area contributed by atoms with Gasteiger partial charge < -0.3 is 9.26 Å². The lowest BCUT2D eigenvalue weighted by Gasteiger charge is -2.26. The molecular weight excluding hydrogens is 350 g/mol. The summed E-state index contributed by atoms with van der Waals surface area (Å²) in [6.45, 7) is 2.39. The maximum atomic E-state index is 5.84. The van der Waals surface area contributed by atoms with Crippen LogP contribution in [0.5, 0.6) is 0 Å². The molecule has 4 rings (SSSR count). The van der Waals surface area contributed by atoms with E-state index in [9.17, 15) is 0 Å². The first kappa shape index (κ1) is 18.8. The van der Waals surface area contributed by atoms with Crippen molar-refractivity contribution in [2.45, 2.75) is 37.8 Å². The normalized spacial score (nSPS) is 17.3. The smallest absolute Gasteiger partial charge is 0.240 e. The second-order valence-corrected chi connectivity index (χ2v) is 7.49. The van der Waals surface area contributed by atoms with Crippen molar-refractivity contribution in [3.8, 4) is 0 Å². The van der Waals surface area contributed by atoms with Crippen molar-refractivity contribution < 1.29 is 9.26 Å². The third-order valence-electron chi connectivity index (χ3n) is 5.20. The minimum absolute atomic E-state index is 0.0353. The number of hydrogen-bond donors (Lipinski definition) is 0. The van der Waals surface area contributed by atoms with Crippen molar-refractivity contribution in [2.24, 2.45) is 0 Å². The lowest BCUT2D eigenvalue weighted by Crippen LogP contribution is -2.33. The Labute approximate surface area is 166 Å². The average Bonchev–Trinajstić information content (AvgIpc) is 3.18. The highest BCUT2D eigenvalue weighted by Gasteiger charge is 2.23. The maximum absolute atomic E-state index is 5.84. The SMILES string of the molecule is CN(Cc1nc(C(c2ccccc2)c2ccccc2)no1)C[C@H]1CCCCO1. The van der Waals surface area contributed by atoms with Gasteiger partial charge in [-0.3, -0.25) is 4.90 Å². The van der Waals surface area contributed by atoms with E-state index in [0.717, 1.165) is 30.7 Å². The Morgan fingerprint density at radius 1 is 1.00 bits per heavy atom. The highest BCUT2D eigenvalue weighted by Crippen LogP contribution is 2.30. The topological polar surface area (TPSA) is 51.4 Å². The van der Waals surface area contributed by atoms with Crippen LogP contribution in [0.1, 0.15) is 48.0 Å². The molecule has 0 unspecified atom stereocenters. The number of likely N-dealkylation sites (N-methyl/N-ethyl adjacent to an activating group) is 1. The second kappa shape index (κ2) is 9.13. The summed E-state index contributed by atoms with van der Waals surface area (Å²) in [5, 5.41) is 4.33. The van der Waals surface area contributed by atoms with Crippen LogP contribution in [0.2, 0.25) is 0 Å². The molecule has 0 radical (unpaired) electrons. The Balaban J connectivity index is 1.50. The molecule has 2 aromatic carbocycles. The molecule has 0 spiro atoms. The van der Waals surface area contributed by atoms with Crippen LogP contribution in [0.3, 0.4) is 0 Å². The van der Waals surface area contributed by atoms with Crippen molar-refractivity contribution in [1.82, 2.24) is 15.0 Å². The fraction of sp³-hybridized carbons (Fsp3) is 0.391. The van der Waals surface area contributed by atoms with E-state index in [1.165, 1.54) is 12.8 Å². The summed E-state index contributed by atoms with van der Waals surface area (Å²) in [6.07, 6.45) is 3.86. The number of benzene rings is 2. The molecule has 1 aliphatic rings. The summed E-state index contributed by atoms with van der Waals surface area (Å²) < 4.78 is 11.4. The van der Waals surface area contributed by atoms with Gasteiger partial charge in [-0.2, -0.15) is 4.98 Å². The first-order chi connectivity index (χ1) is 13.8. The molecular formula is C23H27N3O2. The van der Waals surface area contributed by atoms with E-state index in [0.29, 0.717) is 24.4 Å². The number of hydrogen-bond acceptors (Lipinski definition) is 5. The molecule has 1 saturated heterocycles. The van der Waals surface area contributed by atoms with Gasteiger partial charge in [0.1, 0.15) is 0 Å². The molecule has 1 aliphatic heterocycles. The Morgan fingerprint density at radius 3 is 2.29 bits per heavy atom. The second-order valence-electron chi connectivity index (χ2n) is 7.49. The molecule has 5 heteroatoms. The lowest BCUT2D eigenvalue weighted by molar-refractivity contribution is -0.00382. The van der Waals surface area contributed by atoms with Crippen LogP contribution in [0.25, 0.3) is 0 Å². The summed E-state index contributed by atoms with van der Waals surface area (Å²) in [5.74, 6) is 1.31. The zero-order valence-corrected chi connectivity index (χ0v) is 16.3. The predicted molar refractivity (Wildman–Crippen MR) is 108 cm³/mol. The van der Waals surface area contributed by atoms with Crippen LogP contribution in [-0.2, 0) is 11.3 Å². The number of aromatic nitrogens is 2. The summed E-state index contributed by atoms with van der Waals surface area (Å²) in [6, 6.07) is 20.7. The maximum Gasteiger partial charge on any atom is 0.240 e. The highest BCUT2D eigenvalue weighted by atomic mass is 16.5. The molecule has 0 N–H and O–H groups in total. The molecule has 28 heavy (non-hydrogen) atoms. The first-order valence-electron chi connectivity index (χ1n) is 10.0. The van der Waals surface area contributed by atoms with Crippen molar-refractivity contribution in [2.75, 3.05) is 20.2 Å². The van der Waals surface area contributed by atoms with Gasteiger partial charge in [-0.05, 0) is 37.4 Å². The molecule has 146 valence electrons. The van der Waals surface area contributed by atoms with Crippen LogP contribution < -0.4 is 0 Å². The largest absolute Gasteiger partial charge is 0.377 e. The molecule has 0 bridgehead atoms. The van der Waals surface area contributed by atoms with Crippen molar-refractivity contribution in [1.29, 1.82) is 0 Å². The number of ether oxygens (including phenoxy) is 1. The van der Waals surface area contributed by atoms with E-state index in [-0.39, 0.29) is 5.92 Å². The van der Waals surface area contributed by atoms with Gasteiger partial charge in [0.05, 0.1) is 18.6 Å². The van der Waals surface area contributed by atoms with E-state index in [1.54, 1.807) is 0 Å². The molecule has 1 fully saturated rings. The lowest BCUT2D eigenvalue weighted by atomic mass is 9.91. The number of rotatable bonds is 7. The molecule has 3 aromatic rings. The molecule has 2 heterocycles. The molecule has 0 saturated carbocycles. The van der Waals surface area contributed by atoms with Crippen molar-refractivity contribution in [3.63, 3.8) is 0 Å². The average molecular weight is 377 g/mol. The van der Waals surface area contributed by atoms with Gasteiger partial charge in [-0.25, -0.2) is 0 Å². The van der Waals surface area contributed by atoms with E-state index in [1.807, 2.05) is 36.4 Å². The third kappa shape index (κ3) is 4.66. The van der Waals surface area contributed by atoms with Gasteiger partial charge >= 0.3 is 0 Å². The summed E-state index contributed by atoms with van der Waals surface area (Å²) >= 11 is 0. The Bertz CT molecular complexity index is 805. The van der Waals surface area contributed by atoms with Gasteiger partial charge in [-0.1, -0.05) is 65.8 Å². The summed E-state index contributed by atoms with van der Waals surface area (Å²) in [5.41, 5.74) is 2.31. The number of nitrogens with zero attached hydrogens (tertiary/aromatic N) is 3. The minimum atomic E-state index is -0.0353. The van der Waals surface area contributed by atoms with Crippen LogP contribution in [0.4, 0.5) is 0 Å². The van der Waals surface area contributed by atoms with Gasteiger partial charge in [0.15, 0.2) is 5.82 Å². The standard InChI is InChI=1S/C23H27N3O2/c1-26(16-20-14-8-9-15-27-20)17-21-24-23(25-28-21)22(18-10-4-2-5-11-18)19-12-6-3-7-13-19/h2-7,10-13,20,22H,8-9,14-17H2,1H3/t20-/m1/s1. The molecule has 1 aromatic heterocycles. The van der Waals surface area contributed by atoms with E-state index in [2.05, 4.69) is 41.4 Å². The highest BCUT2D eigenvalue weighted by molar-refractivity contribution is 5.37. The van der Waals surface area contributed by atoms with Gasteiger partial charge in [0.25, 0.3) is 0 Å². The van der Waals surface area contributed by atoms with Gasteiger partial charge in [0.2, 0.25) is 5.89 Å². The first-order valence-corrected chi connectivity index (χ1v) is 10.0.